The van der Waals surface area contributed by atoms with Crippen LogP contribution in [0.15, 0.2) is 77.3 Å². The Bertz CT molecular complexity index is 1400. The molecule has 37 heavy (non-hydrogen) atoms. The molecule has 0 bridgehead atoms. The molecule has 9 heteroatoms. The number of carbonyl (C=O) groups excluding carboxylic acids is 2. The zero-order valence-corrected chi connectivity index (χ0v) is 22.5. The second-order valence-electron chi connectivity index (χ2n) is 8.24. The lowest BCUT2D eigenvalue weighted by Crippen LogP contribution is -2.31. The molecular weight excluding hydrogens is 529 g/mol. The predicted octanol–water partition coefficient (Wildman–Crippen LogP) is 6.77. The lowest BCUT2D eigenvalue weighted by Gasteiger charge is -2.19. The van der Waals surface area contributed by atoms with Crippen molar-refractivity contribution in [2.75, 3.05) is 16.8 Å². The smallest absolute Gasteiger partial charge is 0.269 e. The average Bonchev–Trinajstić information content (AvgIpc) is 3.20. The van der Waals surface area contributed by atoms with Crippen LogP contribution in [0.3, 0.4) is 0 Å². The van der Waals surface area contributed by atoms with Crippen LogP contribution in [0.5, 0.6) is 5.75 Å². The molecule has 1 N–H and O–H groups in total. The number of carbonyl (C=O) groups is 2. The van der Waals surface area contributed by atoms with E-state index >= 15 is 0 Å². The van der Waals surface area contributed by atoms with E-state index in [4.69, 9.17) is 27.9 Å². The van der Waals surface area contributed by atoms with Crippen molar-refractivity contribution in [1.82, 2.24) is 0 Å². The van der Waals surface area contributed by atoms with Crippen LogP contribution in [0.25, 0.3) is 0 Å². The summed E-state index contributed by atoms with van der Waals surface area (Å²) < 4.78 is 5.52. The minimum Gasteiger partial charge on any atom is -0.494 e. The van der Waals surface area contributed by atoms with Gasteiger partial charge >= 0.3 is 0 Å². The van der Waals surface area contributed by atoms with Crippen molar-refractivity contribution in [3.05, 3.63) is 98.5 Å². The topological polar surface area (TPSA) is 82.4 Å². The van der Waals surface area contributed by atoms with Gasteiger partial charge in [-0.3, -0.25) is 14.5 Å². The molecule has 3 aromatic rings. The number of nitriles is 1. The van der Waals surface area contributed by atoms with Crippen LogP contribution in [0.4, 0.5) is 11.4 Å². The number of rotatable bonds is 7. The Morgan fingerprint density at radius 2 is 1.81 bits per heavy atom. The fourth-order valence-corrected chi connectivity index (χ4v) is 5.51. The molecule has 1 fully saturated rings. The molecule has 1 saturated heterocycles. The van der Waals surface area contributed by atoms with Gasteiger partial charge in [-0.15, -0.1) is 0 Å². The van der Waals surface area contributed by atoms with Crippen molar-refractivity contribution in [2.45, 2.75) is 25.5 Å². The summed E-state index contributed by atoms with van der Waals surface area (Å²) in [5, 5.41) is 13.2. The Morgan fingerprint density at radius 3 is 2.46 bits per heavy atom. The van der Waals surface area contributed by atoms with Gasteiger partial charge in [0.05, 0.1) is 21.9 Å². The van der Waals surface area contributed by atoms with E-state index in [1.165, 1.54) is 4.90 Å². The first-order valence-corrected chi connectivity index (χ1v) is 13.1. The van der Waals surface area contributed by atoms with Crippen molar-refractivity contribution in [3.8, 4) is 11.8 Å². The van der Waals surface area contributed by atoms with E-state index in [2.05, 4.69) is 5.32 Å². The van der Waals surface area contributed by atoms with Crippen molar-refractivity contribution >= 4 is 58.2 Å². The molecule has 1 atom stereocenters. The molecule has 188 valence electrons. The van der Waals surface area contributed by atoms with E-state index in [0.717, 1.165) is 17.3 Å². The van der Waals surface area contributed by atoms with Crippen molar-refractivity contribution in [2.24, 2.45) is 0 Å². The number of ether oxygens (including phenoxy) is 1. The molecule has 4 rings (SSSR count). The Hall–Kier alpha value is -3.44. The molecule has 1 heterocycles. The first-order chi connectivity index (χ1) is 17.8. The highest BCUT2D eigenvalue weighted by Crippen LogP contribution is 2.43. The number of anilines is 2. The maximum absolute atomic E-state index is 13.7. The SMILES string of the molecule is CCOc1ccc(N2C(=O)C(Cc3cccc(Cl)c3Cl)S/C2=C(/C#N)C(=O)Nc2ccc(C)cc2)cc1. The van der Waals surface area contributed by atoms with Gasteiger partial charge in [-0.1, -0.05) is 64.8 Å². The van der Waals surface area contributed by atoms with Crippen LogP contribution in [0, 0.1) is 18.3 Å². The summed E-state index contributed by atoms with van der Waals surface area (Å²) in [7, 11) is 0. The van der Waals surface area contributed by atoms with Crippen LogP contribution in [-0.2, 0) is 16.0 Å². The number of thioether (sulfide) groups is 1. The Morgan fingerprint density at radius 1 is 1.11 bits per heavy atom. The van der Waals surface area contributed by atoms with Gasteiger partial charge < -0.3 is 10.1 Å². The number of hydrogen-bond acceptors (Lipinski definition) is 5. The van der Waals surface area contributed by atoms with Crippen molar-refractivity contribution in [1.29, 1.82) is 5.26 Å². The molecule has 1 aliphatic heterocycles. The number of amides is 2. The zero-order chi connectivity index (χ0) is 26.5. The van der Waals surface area contributed by atoms with E-state index in [1.54, 1.807) is 54.6 Å². The molecule has 3 aromatic carbocycles. The van der Waals surface area contributed by atoms with Gasteiger partial charge in [-0.25, -0.2) is 0 Å². The van der Waals surface area contributed by atoms with Crippen LogP contribution in [-0.4, -0.2) is 23.7 Å². The van der Waals surface area contributed by atoms with E-state index < -0.39 is 11.2 Å². The molecule has 0 saturated carbocycles. The second-order valence-corrected chi connectivity index (χ2v) is 10.2. The second kappa shape index (κ2) is 11.7. The van der Waals surface area contributed by atoms with Crippen LogP contribution in [0.2, 0.25) is 10.0 Å². The van der Waals surface area contributed by atoms with Gasteiger partial charge in [0.2, 0.25) is 5.91 Å². The predicted molar refractivity (Wildman–Crippen MR) is 149 cm³/mol. The normalized spacial score (nSPS) is 16.4. The lowest BCUT2D eigenvalue weighted by molar-refractivity contribution is -0.117. The molecular formula is C28H23Cl2N3O3S. The van der Waals surface area contributed by atoms with E-state index in [0.29, 0.717) is 39.3 Å². The third kappa shape index (κ3) is 5.94. The van der Waals surface area contributed by atoms with Gasteiger partial charge in [0, 0.05) is 11.4 Å². The number of halogens is 2. The van der Waals surface area contributed by atoms with E-state index in [-0.39, 0.29) is 22.9 Å². The largest absolute Gasteiger partial charge is 0.494 e. The first-order valence-electron chi connectivity index (χ1n) is 11.5. The molecule has 1 unspecified atom stereocenters. The van der Waals surface area contributed by atoms with Crippen molar-refractivity contribution < 1.29 is 14.3 Å². The fourth-order valence-electron chi connectivity index (χ4n) is 3.82. The van der Waals surface area contributed by atoms with Gasteiger partial charge in [0.25, 0.3) is 5.91 Å². The van der Waals surface area contributed by atoms with E-state index in [1.807, 2.05) is 32.0 Å². The summed E-state index contributed by atoms with van der Waals surface area (Å²) in [6, 6.07) is 21.4. The minimum atomic E-state index is -0.618. The summed E-state index contributed by atoms with van der Waals surface area (Å²) in [4.78, 5) is 28.3. The summed E-state index contributed by atoms with van der Waals surface area (Å²) in [5.74, 6) is -0.217. The first kappa shape index (κ1) is 26.6. The van der Waals surface area contributed by atoms with Gasteiger partial charge in [-0.05, 0) is 68.3 Å². The standard InChI is InChI=1S/C28H23Cl2N3O3S/c1-3-36-21-13-11-20(12-14-21)33-27(35)24(15-18-5-4-6-23(29)25(18)30)37-28(33)22(16-31)26(34)32-19-9-7-17(2)8-10-19/h4-14,24H,3,15H2,1-2H3,(H,32,34)/b28-22-. The molecule has 0 radical (unpaired) electrons. The molecule has 1 aliphatic rings. The highest BCUT2D eigenvalue weighted by atomic mass is 35.5. The third-order valence-corrected chi connectivity index (χ3v) is 7.78. The number of nitrogens with one attached hydrogen (secondary N) is 1. The highest BCUT2D eigenvalue weighted by molar-refractivity contribution is 8.05. The van der Waals surface area contributed by atoms with Gasteiger partial charge in [0.15, 0.2) is 0 Å². The van der Waals surface area contributed by atoms with Crippen molar-refractivity contribution in [3.63, 3.8) is 0 Å². The monoisotopic (exact) mass is 551 g/mol. The molecule has 0 aliphatic carbocycles. The van der Waals surface area contributed by atoms with E-state index in [9.17, 15) is 14.9 Å². The quantitative estimate of drug-likeness (QED) is 0.259. The Balaban J connectivity index is 1.73. The van der Waals surface area contributed by atoms with Crippen LogP contribution < -0.4 is 15.0 Å². The number of benzene rings is 3. The van der Waals surface area contributed by atoms with Gasteiger partial charge in [0.1, 0.15) is 22.4 Å². The Labute approximate surface area is 229 Å². The van der Waals surface area contributed by atoms with Gasteiger partial charge in [-0.2, -0.15) is 5.26 Å². The number of nitrogens with zero attached hydrogens (tertiary/aromatic N) is 2. The fraction of sp³-hybridized carbons (Fsp3) is 0.179. The zero-order valence-electron chi connectivity index (χ0n) is 20.1. The maximum atomic E-state index is 13.7. The highest BCUT2D eigenvalue weighted by Gasteiger charge is 2.41. The van der Waals surface area contributed by atoms with Crippen LogP contribution >= 0.6 is 35.0 Å². The lowest BCUT2D eigenvalue weighted by atomic mass is 10.1. The summed E-state index contributed by atoms with van der Waals surface area (Å²) >= 11 is 13.7. The number of aryl methyl sites for hydroxylation is 1. The van der Waals surface area contributed by atoms with Crippen LogP contribution in [0.1, 0.15) is 18.1 Å². The summed E-state index contributed by atoms with van der Waals surface area (Å²) in [6.07, 6.45) is 0.276. The summed E-state index contributed by atoms with van der Waals surface area (Å²) in [6.45, 7) is 4.33. The molecule has 0 aromatic heterocycles. The average molecular weight is 552 g/mol. The Kier molecular flexibility index (Phi) is 8.45. The third-order valence-electron chi connectivity index (χ3n) is 5.66. The molecule has 0 spiro atoms. The maximum Gasteiger partial charge on any atom is 0.269 e. The molecule has 2 amide bonds. The number of hydrogen-bond donors (Lipinski definition) is 1. The summed E-state index contributed by atoms with van der Waals surface area (Å²) in [5.41, 5.74) is 2.65. The molecule has 6 nitrogen and oxygen atoms in total. The minimum absolute atomic E-state index is 0.160.